The van der Waals surface area contributed by atoms with Gasteiger partial charge in [-0.2, -0.15) is 0 Å². The van der Waals surface area contributed by atoms with Gasteiger partial charge >= 0.3 is 0 Å². The van der Waals surface area contributed by atoms with Crippen molar-refractivity contribution in [1.82, 2.24) is 4.13 Å². The Bertz CT molecular complexity index is 741. The van der Waals surface area contributed by atoms with Crippen LogP contribution >= 0.6 is 11.9 Å². The molecule has 0 fully saturated rings. The van der Waals surface area contributed by atoms with Gasteiger partial charge in [-0.25, -0.2) is 8.42 Å². The number of aryl methyl sites for hydroxylation is 1. The Balaban J connectivity index is 2.08. The third-order valence-electron chi connectivity index (χ3n) is 2.65. The quantitative estimate of drug-likeness (QED) is 0.519. The van der Waals surface area contributed by atoms with Crippen LogP contribution in [0.5, 0.6) is 0 Å². The lowest BCUT2D eigenvalue weighted by atomic mass is 10.2. The van der Waals surface area contributed by atoms with Gasteiger partial charge in [0.2, 0.25) is 10.0 Å². The van der Waals surface area contributed by atoms with Gasteiger partial charge in [-0.05, 0) is 43.1 Å². The molecule has 0 unspecified atom stereocenters. The predicted octanol–water partition coefficient (Wildman–Crippen LogP) is 2.89. The third-order valence-corrected chi connectivity index (χ3v) is 5.26. The number of nitrogens with one attached hydrogen (secondary N) is 1. The summed E-state index contributed by atoms with van der Waals surface area (Å²) in [6.07, 6.45) is 0. The number of nitro groups is 1. The molecule has 0 saturated carbocycles. The molecule has 0 heterocycles. The molecule has 2 aromatic rings. The molecule has 0 bridgehead atoms. The van der Waals surface area contributed by atoms with Crippen molar-refractivity contribution in [3.63, 3.8) is 0 Å². The van der Waals surface area contributed by atoms with E-state index in [4.69, 9.17) is 0 Å². The van der Waals surface area contributed by atoms with E-state index in [1.54, 1.807) is 12.1 Å². The summed E-state index contributed by atoms with van der Waals surface area (Å²) in [5.74, 6) is 0. The number of non-ortho nitro benzene ring substituents is 1. The summed E-state index contributed by atoms with van der Waals surface area (Å²) >= 11 is 0.886. The Labute approximate surface area is 126 Å². The monoisotopic (exact) mass is 324 g/mol. The lowest BCUT2D eigenvalue weighted by Crippen LogP contribution is -2.16. The van der Waals surface area contributed by atoms with E-state index in [2.05, 4.69) is 4.13 Å². The van der Waals surface area contributed by atoms with Crippen LogP contribution in [0.1, 0.15) is 5.56 Å². The summed E-state index contributed by atoms with van der Waals surface area (Å²) in [4.78, 5) is 10.8. The molecular weight excluding hydrogens is 312 g/mol. The molecule has 110 valence electrons. The highest BCUT2D eigenvalue weighted by Crippen LogP contribution is 2.21. The largest absolute Gasteiger partial charge is 0.269 e. The molecule has 0 aliphatic rings. The van der Waals surface area contributed by atoms with Crippen molar-refractivity contribution in [2.24, 2.45) is 0 Å². The van der Waals surface area contributed by atoms with Gasteiger partial charge < -0.3 is 0 Å². The fourth-order valence-electron chi connectivity index (χ4n) is 1.50. The molecule has 0 aliphatic carbocycles. The molecule has 2 aromatic carbocycles. The standard InChI is InChI=1S/C13H12N2O4S2/c1-10-2-8-13(9-3-10)21(18,19)14-20-12-6-4-11(5-7-12)15(16)17/h2-9,14H,1H3. The molecule has 21 heavy (non-hydrogen) atoms. The number of hydrogen-bond donors (Lipinski definition) is 1. The molecule has 0 spiro atoms. The maximum Gasteiger partial charge on any atom is 0.269 e. The number of nitrogens with zero attached hydrogens (tertiary/aromatic N) is 1. The van der Waals surface area contributed by atoms with Crippen molar-refractivity contribution >= 4 is 27.7 Å². The number of hydrogen-bond acceptors (Lipinski definition) is 5. The van der Waals surface area contributed by atoms with Crippen LogP contribution in [0.25, 0.3) is 0 Å². The summed E-state index contributed by atoms with van der Waals surface area (Å²) in [5, 5.41) is 10.5. The number of nitro benzene ring substituents is 1. The molecule has 2 rings (SSSR count). The molecule has 6 nitrogen and oxygen atoms in total. The second-order valence-corrected chi connectivity index (χ2v) is 7.07. The van der Waals surface area contributed by atoms with Crippen molar-refractivity contribution in [3.05, 3.63) is 64.2 Å². The minimum Gasteiger partial charge on any atom is -0.258 e. The van der Waals surface area contributed by atoms with E-state index in [0.29, 0.717) is 4.90 Å². The Kier molecular flexibility index (Phi) is 4.61. The summed E-state index contributed by atoms with van der Waals surface area (Å²) < 4.78 is 26.5. The molecule has 0 radical (unpaired) electrons. The lowest BCUT2D eigenvalue weighted by molar-refractivity contribution is -0.384. The Morgan fingerprint density at radius 1 is 1.05 bits per heavy atom. The first-order valence-corrected chi connectivity index (χ1v) is 8.18. The number of rotatable bonds is 5. The molecule has 1 N–H and O–H groups in total. The Morgan fingerprint density at radius 2 is 1.62 bits per heavy atom. The van der Waals surface area contributed by atoms with Crippen LogP contribution in [-0.4, -0.2) is 13.3 Å². The number of benzene rings is 2. The van der Waals surface area contributed by atoms with Crippen LogP contribution in [0, 0.1) is 17.0 Å². The summed E-state index contributed by atoms with van der Waals surface area (Å²) in [7, 11) is -3.62. The van der Waals surface area contributed by atoms with Gasteiger partial charge in [-0.15, -0.1) is 4.13 Å². The highest BCUT2D eigenvalue weighted by Gasteiger charge is 2.14. The Morgan fingerprint density at radius 3 is 2.14 bits per heavy atom. The molecular formula is C13H12N2O4S2. The number of sulfonamides is 1. The van der Waals surface area contributed by atoms with E-state index >= 15 is 0 Å². The summed E-state index contributed by atoms with van der Waals surface area (Å²) in [5.41, 5.74) is 0.928. The first-order valence-electron chi connectivity index (χ1n) is 5.88. The maximum absolute atomic E-state index is 12.1. The second-order valence-electron chi connectivity index (χ2n) is 4.25. The fourth-order valence-corrected chi connectivity index (χ4v) is 3.48. The normalized spacial score (nSPS) is 11.3. The van der Waals surface area contributed by atoms with Gasteiger partial charge in [0, 0.05) is 17.0 Å². The van der Waals surface area contributed by atoms with Gasteiger partial charge in [0.15, 0.2) is 0 Å². The molecule has 0 amide bonds. The lowest BCUT2D eigenvalue weighted by Gasteiger charge is -2.06. The zero-order valence-electron chi connectivity index (χ0n) is 11.0. The predicted molar refractivity (Wildman–Crippen MR) is 80.5 cm³/mol. The van der Waals surface area contributed by atoms with E-state index < -0.39 is 14.9 Å². The molecule has 0 atom stereocenters. The van der Waals surface area contributed by atoms with E-state index in [1.165, 1.54) is 36.4 Å². The first-order chi connectivity index (χ1) is 9.88. The average Bonchev–Trinajstić information content (AvgIpc) is 2.46. The van der Waals surface area contributed by atoms with Crippen molar-refractivity contribution in [2.75, 3.05) is 0 Å². The van der Waals surface area contributed by atoms with Gasteiger partial charge in [-0.1, -0.05) is 17.7 Å². The summed E-state index contributed by atoms with van der Waals surface area (Å²) in [6.45, 7) is 1.87. The molecule has 0 aromatic heterocycles. The highest BCUT2D eigenvalue weighted by atomic mass is 32.3. The van der Waals surface area contributed by atoms with Crippen LogP contribution in [0.3, 0.4) is 0 Å². The average molecular weight is 324 g/mol. The van der Waals surface area contributed by atoms with Gasteiger partial charge in [0.25, 0.3) is 5.69 Å². The smallest absolute Gasteiger partial charge is 0.258 e. The zero-order chi connectivity index (χ0) is 15.5. The highest BCUT2D eigenvalue weighted by molar-refractivity contribution is 8.09. The zero-order valence-corrected chi connectivity index (χ0v) is 12.6. The van der Waals surface area contributed by atoms with E-state index in [0.717, 1.165) is 17.5 Å². The van der Waals surface area contributed by atoms with Gasteiger partial charge in [0.05, 0.1) is 9.82 Å². The van der Waals surface area contributed by atoms with Gasteiger partial charge in [0.1, 0.15) is 0 Å². The van der Waals surface area contributed by atoms with Crippen molar-refractivity contribution in [1.29, 1.82) is 0 Å². The second kappa shape index (κ2) is 6.25. The van der Waals surface area contributed by atoms with E-state index in [1.807, 2.05) is 6.92 Å². The summed E-state index contributed by atoms with van der Waals surface area (Å²) in [6, 6.07) is 12.1. The van der Waals surface area contributed by atoms with E-state index in [-0.39, 0.29) is 10.6 Å². The Hall–Kier alpha value is -1.90. The SMILES string of the molecule is Cc1ccc(S(=O)(=O)NSc2ccc([N+](=O)[O-])cc2)cc1. The van der Waals surface area contributed by atoms with Crippen LogP contribution in [-0.2, 0) is 10.0 Å². The van der Waals surface area contributed by atoms with Gasteiger partial charge in [-0.3, -0.25) is 10.1 Å². The molecule has 8 heteroatoms. The maximum atomic E-state index is 12.1. The fraction of sp³-hybridized carbons (Fsp3) is 0.0769. The van der Waals surface area contributed by atoms with Crippen LogP contribution in [0.15, 0.2) is 58.3 Å². The van der Waals surface area contributed by atoms with Crippen LogP contribution in [0.2, 0.25) is 0 Å². The molecule has 0 aliphatic heterocycles. The topological polar surface area (TPSA) is 89.3 Å². The third kappa shape index (κ3) is 4.03. The minimum atomic E-state index is -3.62. The van der Waals surface area contributed by atoms with E-state index in [9.17, 15) is 18.5 Å². The van der Waals surface area contributed by atoms with Crippen molar-refractivity contribution in [3.8, 4) is 0 Å². The van der Waals surface area contributed by atoms with Crippen LogP contribution < -0.4 is 4.13 Å². The van der Waals surface area contributed by atoms with Crippen molar-refractivity contribution < 1.29 is 13.3 Å². The molecule has 0 saturated heterocycles. The van der Waals surface area contributed by atoms with Crippen molar-refractivity contribution in [2.45, 2.75) is 16.7 Å². The first kappa shape index (κ1) is 15.5. The minimum absolute atomic E-state index is 0.0410. The van der Waals surface area contributed by atoms with Crippen LogP contribution in [0.4, 0.5) is 5.69 Å².